The Balaban J connectivity index is 1.64. The molecule has 148 valence electrons. The number of carbonyl (C=O) groups excluding carboxylic acids is 2. The third kappa shape index (κ3) is 3.88. The van der Waals surface area contributed by atoms with Crippen LogP contribution in [0, 0.1) is 5.92 Å². The summed E-state index contributed by atoms with van der Waals surface area (Å²) in [6, 6.07) is 8.43. The largest absolute Gasteiger partial charge is 0.329 e. The first-order valence-corrected chi connectivity index (χ1v) is 10.2. The SMILES string of the molecule is C[C@@H]1CCCC[C@]12NC(=O)N(C[NH+](C)Cc1ccc(C(C)(C)C)cc1)C2=O. The normalized spacial score (nSPS) is 27.1. The standard InChI is InChI=1S/C22H33N3O2/c1-16-8-6-7-13-22(16)19(26)25(20(27)23-22)15-24(5)14-17-9-11-18(12-10-17)21(2,3)4/h9-12,16H,6-8,13-15H2,1-5H3,(H,23,27)/p+1/t16-,22+/m1/s1. The number of nitrogens with zero attached hydrogens (tertiary/aromatic N) is 1. The number of benzene rings is 1. The smallest absolute Gasteiger partial charge is 0.323 e. The van der Waals surface area contributed by atoms with E-state index in [0.29, 0.717) is 6.67 Å². The summed E-state index contributed by atoms with van der Waals surface area (Å²) in [5.74, 6) is 0.181. The Bertz CT molecular complexity index is 707. The topological polar surface area (TPSA) is 53.9 Å². The average Bonchev–Trinajstić information content (AvgIpc) is 2.82. The number of nitrogens with one attached hydrogen (secondary N) is 2. The lowest BCUT2D eigenvalue weighted by atomic mass is 9.73. The zero-order valence-electron chi connectivity index (χ0n) is 17.4. The Hall–Kier alpha value is -1.88. The molecule has 1 aliphatic carbocycles. The highest BCUT2D eigenvalue weighted by atomic mass is 16.2. The molecule has 0 bridgehead atoms. The van der Waals surface area contributed by atoms with Gasteiger partial charge in [0, 0.05) is 5.56 Å². The molecule has 1 saturated heterocycles. The molecule has 27 heavy (non-hydrogen) atoms. The van der Waals surface area contributed by atoms with Crippen LogP contribution in [-0.2, 0) is 16.8 Å². The number of urea groups is 1. The van der Waals surface area contributed by atoms with Gasteiger partial charge in [0.2, 0.25) is 0 Å². The number of carbonyl (C=O) groups is 2. The molecule has 1 aromatic rings. The molecule has 5 heteroatoms. The minimum atomic E-state index is -0.663. The molecular weight excluding hydrogens is 338 g/mol. The van der Waals surface area contributed by atoms with E-state index in [9.17, 15) is 9.59 Å². The van der Waals surface area contributed by atoms with Gasteiger partial charge in [0.1, 0.15) is 12.1 Å². The second kappa shape index (κ2) is 7.27. The molecule has 3 atom stereocenters. The maximum Gasteiger partial charge on any atom is 0.329 e. The van der Waals surface area contributed by atoms with Crippen molar-refractivity contribution in [2.45, 2.75) is 70.9 Å². The van der Waals surface area contributed by atoms with E-state index >= 15 is 0 Å². The Morgan fingerprint density at radius 3 is 2.44 bits per heavy atom. The molecule has 2 N–H and O–H groups in total. The molecule has 1 unspecified atom stereocenters. The lowest BCUT2D eigenvalue weighted by Gasteiger charge is -2.36. The number of amides is 3. The van der Waals surface area contributed by atoms with E-state index in [1.54, 1.807) is 0 Å². The van der Waals surface area contributed by atoms with Crippen LogP contribution < -0.4 is 10.2 Å². The molecule has 1 heterocycles. The summed E-state index contributed by atoms with van der Waals surface area (Å²) in [7, 11) is 2.04. The van der Waals surface area contributed by atoms with Gasteiger partial charge in [-0.2, -0.15) is 0 Å². The van der Waals surface area contributed by atoms with Crippen molar-refractivity contribution in [3.63, 3.8) is 0 Å². The molecule has 0 radical (unpaired) electrons. The van der Waals surface area contributed by atoms with Crippen LogP contribution in [0.15, 0.2) is 24.3 Å². The van der Waals surface area contributed by atoms with Crippen LogP contribution in [0.1, 0.15) is 64.5 Å². The van der Waals surface area contributed by atoms with Crippen molar-refractivity contribution in [2.75, 3.05) is 13.7 Å². The molecule has 2 aliphatic rings. The summed E-state index contributed by atoms with van der Waals surface area (Å²) in [6.45, 7) is 9.90. The fourth-order valence-electron chi connectivity index (χ4n) is 4.44. The highest BCUT2D eigenvalue weighted by Crippen LogP contribution is 2.37. The Kier molecular flexibility index (Phi) is 5.35. The van der Waals surface area contributed by atoms with Gasteiger partial charge >= 0.3 is 6.03 Å². The van der Waals surface area contributed by atoms with Crippen molar-refractivity contribution < 1.29 is 14.5 Å². The number of hydrogen-bond donors (Lipinski definition) is 2. The van der Waals surface area contributed by atoms with Crippen molar-refractivity contribution in [1.82, 2.24) is 10.2 Å². The van der Waals surface area contributed by atoms with Crippen LogP contribution in [0.4, 0.5) is 4.79 Å². The van der Waals surface area contributed by atoms with Crippen LogP contribution >= 0.6 is 0 Å². The van der Waals surface area contributed by atoms with Gasteiger partial charge in [0.25, 0.3) is 5.91 Å². The van der Waals surface area contributed by atoms with Crippen LogP contribution in [0.5, 0.6) is 0 Å². The second-order valence-electron chi connectivity index (χ2n) is 9.52. The predicted molar refractivity (Wildman–Crippen MR) is 106 cm³/mol. The summed E-state index contributed by atoms with van der Waals surface area (Å²) >= 11 is 0. The van der Waals surface area contributed by atoms with Crippen LogP contribution in [0.25, 0.3) is 0 Å². The van der Waals surface area contributed by atoms with E-state index in [1.807, 2.05) is 7.05 Å². The molecular formula is C22H34N3O2+. The number of quaternary nitrogens is 1. The van der Waals surface area contributed by atoms with E-state index < -0.39 is 5.54 Å². The maximum absolute atomic E-state index is 13.1. The Morgan fingerprint density at radius 2 is 1.85 bits per heavy atom. The molecule has 5 nitrogen and oxygen atoms in total. The summed E-state index contributed by atoms with van der Waals surface area (Å²) < 4.78 is 0. The predicted octanol–water partition coefficient (Wildman–Crippen LogP) is 2.46. The van der Waals surface area contributed by atoms with Gasteiger partial charge in [-0.05, 0) is 29.7 Å². The van der Waals surface area contributed by atoms with E-state index in [-0.39, 0.29) is 23.3 Å². The van der Waals surface area contributed by atoms with Crippen molar-refractivity contribution in [3.05, 3.63) is 35.4 Å². The van der Waals surface area contributed by atoms with Gasteiger partial charge < -0.3 is 10.2 Å². The van der Waals surface area contributed by atoms with Crippen molar-refractivity contribution >= 4 is 11.9 Å². The summed E-state index contributed by atoms with van der Waals surface area (Å²) in [6.07, 6.45) is 3.92. The van der Waals surface area contributed by atoms with Gasteiger partial charge in [-0.3, -0.25) is 4.79 Å². The Labute approximate surface area is 163 Å². The maximum atomic E-state index is 13.1. The van der Waals surface area contributed by atoms with E-state index in [2.05, 4.69) is 57.3 Å². The van der Waals surface area contributed by atoms with Crippen molar-refractivity contribution in [3.8, 4) is 0 Å². The average molecular weight is 373 g/mol. The van der Waals surface area contributed by atoms with Gasteiger partial charge in [0.05, 0.1) is 7.05 Å². The second-order valence-corrected chi connectivity index (χ2v) is 9.52. The van der Waals surface area contributed by atoms with Gasteiger partial charge in [-0.1, -0.05) is 64.8 Å². The molecule has 1 saturated carbocycles. The molecule has 0 aromatic heterocycles. The first kappa shape index (κ1) is 19.9. The number of imide groups is 1. The van der Waals surface area contributed by atoms with Crippen LogP contribution in [0.3, 0.4) is 0 Å². The summed E-state index contributed by atoms with van der Waals surface area (Å²) in [5.41, 5.74) is 2.01. The third-order valence-corrected chi connectivity index (χ3v) is 6.26. The van der Waals surface area contributed by atoms with E-state index in [4.69, 9.17) is 0 Å². The molecule has 1 aliphatic heterocycles. The number of hydrogen-bond acceptors (Lipinski definition) is 2. The molecule has 1 spiro atoms. The fraction of sp³-hybridized carbons (Fsp3) is 0.636. The molecule has 3 amide bonds. The first-order valence-electron chi connectivity index (χ1n) is 10.2. The first-order chi connectivity index (χ1) is 12.6. The monoisotopic (exact) mass is 372 g/mol. The van der Waals surface area contributed by atoms with Gasteiger partial charge in [0.15, 0.2) is 6.67 Å². The minimum absolute atomic E-state index is 0.0258. The quantitative estimate of drug-likeness (QED) is 0.798. The van der Waals surface area contributed by atoms with E-state index in [1.165, 1.54) is 16.0 Å². The van der Waals surface area contributed by atoms with Crippen LogP contribution in [-0.4, -0.2) is 36.1 Å². The number of rotatable bonds is 4. The van der Waals surface area contributed by atoms with E-state index in [0.717, 1.165) is 37.1 Å². The molecule has 3 rings (SSSR count). The van der Waals surface area contributed by atoms with Crippen molar-refractivity contribution in [2.24, 2.45) is 5.92 Å². The zero-order valence-corrected chi connectivity index (χ0v) is 17.4. The van der Waals surface area contributed by atoms with Crippen LogP contribution in [0.2, 0.25) is 0 Å². The lowest BCUT2D eigenvalue weighted by molar-refractivity contribution is -0.901. The minimum Gasteiger partial charge on any atom is -0.323 e. The summed E-state index contributed by atoms with van der Waals surface area (Å²) in [4.78, 5) is 28.2. The van der Waals surface area contributed by atoms with Crippen molar-refractivity contribution in [1.29, 1.82) is 0 Å². The highest BCUT2D eigenvalue weighted by Gasteiger charge is 2.55. The third-order valence-electron chi connectivity index (χ3n) is 6.26. The molecule has 1 aromatic carbocycles. The zero-order chi connectivity index (χ0) is 19.8. The lowest BCUT2D eigenvalue weighted by Crippen LogP contribution is -3.09. The summed E-state index contributed by atoms with van der Waals surface area (Å²) in [5, 5.41) is 3.04. The highest BCUT2D eigenvalue weighted by molar-refractivity contribution is 6.07. The van der Waals surface area contributed by atoms with Gasteiger partial charge in [-0.15, -0.1) is 0 Å². The molecule has 2 fully saturated rings. The Morgan fingerprint density at radius 1 is 1.19 bits per heavy atom. The van der Waals surface area contributed by atoms with Gasteiger partial charge in [-0.25, -0.2) is 9.69 Å². The fourth-order valence-corrected chi connectivity index (χ4v) is 4.44.